The third-order valence-electron chi connectivity index (χ3n) is 2.87. The molecule has 1 N–H and O–H groups in total. The zero-order valence-electron chi connectivity index (χ0n) is 10.6. The molecule has 0 fully saturated rings. The fourth-order valence-electron chi connectivity index (χ4n) is 1.83. The number of halogens is 1. The molecule has 5 heteroatoms. The van der Waals surface area contributed by atoms with Crippen molar-refractivity contribution in [2.24, 2.45) is 0 Å². The molecular formula is C13H17ClN2O2. The first kappa shape index (κ1) is 13.2. The summed E-state index contributed by atoms with van der Waals surface area (Å²) in [5.41, 5.74) is 0.686. The van der Waals surface area contributed by atoms with Crippen LogP contribution < -0.4 is 10.1 Å². The average Bonchev–Trinajstić information content (AvgIpc) is 2.77. The molecule has 0 aliphatic rings. The van der Waals surface area contributed by atoms with Crippen molar-refractivity contribution in [3.8, 4) is 5.88 Å². The highest BCUT2D eigenvalue weighted by Crippen LogP contribution is 2.27. The summed E-state index contributed by atoms with van der Waals surface area (Å²) in [4.78, 5) is 0. The summed E-state index contributed by atoms with van der Waals surface area (Å²) in [6, 6.07) is 5.68. The number of ether oxygens (including phenoxy) is 1. The van der Waals surface area contributed by atoms with E-state index < -0.39 is 0 Å². The van der Waals surface area contributed by atoms with Crippen molar-refractivity contribution in [1.29, 1.82) is 0 Å². The number of aromatic nitrogens is 1. The molecule has 1 heterocycles. The van der Waals surface area contributed by atoms with E-state index in [0.29, 0.717) is 29.1 Å². The molecule has 98 valence electrons. The lowest BCUT2D eigenvalue weighted by Crippen LogP contribution is -2.31. The Balaban J connectivity index is 2.09. The van der Waals surface area contributed by atoms with Crippen LogP contribution in [0.3, 0.4) is 0 Å². The van der Waals surface area contributed by atoms with Gasteiger partial charge in [-0.15, -0.1) is 0 Å². The predicted octanol–water partition coefficient (Wildman–Crippen LogP) is 3.25. The van der Waals surface area contributed by atoms with Crippen molar-refractivity contribution < 1.29 is 9.26 Å². The highest BCUT2D eigenvalue weighted by atomic mass is 35.5. The maximum atomic E-state index is 5.95. The summed E-state index contributed by atoms with van der Waals surface area (Å²) in [5, 5.41) is 8.60. The summed E-state index contributed by atoms with van der Waals surface area (Å²) >= 11 is 5.95. The summed E-state index contributed by atoms with van der Waals surface area (Å²) in [7, 11) is 1.93. The number of nitrogens with zero attached hydrogens (tertiary/aromatic N) is 1. The lowest BCUT2D eigenvalue weighted by molar-refractivity contribution is 0.242. The first-order chi connectivity index (χ1) is 8.74. The van der Waals surface area contributed by atoms with Crippen LogP contribution in [-0.2, 0) is 0 Å². The monoisotopic (exact) mass is 268 g/mol. The molecule has 0 bridgehead atoms. The molecule has 1 unspecified atom stereocenters. The van der Waals surface area contributed by atoms with Gasteiger partial charge in [0.15, 0.2) is 5.58 Å². The second-order valence-electron chi connectivity index (χ2n) is 4.21. The Bertz CT molecular complexity index is 513. The van der Waals surface area contributed by atoms with Gasteiger partial charge in [-0.25, -0.2) is 0 Å². The fourth-order valence-corrected chi connectivity index (χ4v) is 2.00. The van der Waals surface area contributed by atoms with E-state index >= 15 is 0 Å². The molecule has 1 atom stereocenters. The Morgan fingerprint density at radius 3 is 3.06 bits per heavy atom. The van der Waals surface area contributed by atoms with Crippen molar-refractivity contribution in [3.63, 3.8) is 0 Å². The summed E-state index contributed by atoms with van der Waals surface area (Å²) in [6.07, 6.45) is 2.17. The Kier molecular flexibility index (Phi) is 4.44. The SMILES string of the molecule is CCCC(COc1noc2ccc(Cl)cc12)NC. The van der Waals surface area contributed by atoms with E-state index in [1.807, 2.05) is 7.05 Å². The van der Waals surface area contributed by atoms with Gasteiger partial charge in [0, 0.05) is 11.1 Å². The van der Waals surface area contributed by atoms with Gasteiger partial charge in [0.2, 0.25) is 0 Å². The Morgan fingerprint density at radius 1 is 1.50 bits per heavy atom. The van der Waals surface area contributed by atoms with Gasteiger partial charge >= 0.3 is 0 Å². The van der Waals surface area contributed by atoms with Gasteiger partial charge in [-0.05, 0) is 36.8 Å². The molecule has 1 aromatic heterocycles. The van der Waals surface area contributed by atoms with Gasteiger partial charge < -0.3 is 14.6 Å². The number of fused-ring (bicyclic) bond motifs is 1. The number of hydrogen-bond donors (Lipinski definition) is 1. The standard InChI is InChI=1S/C13H17ClN2O2/c1-3-4-10(15-2)8-17-13-11-7-9(14)5-6-12(11)18-16-13/h5-7,10,15H,3-4,8H2,1-2H3. The van der Waals surface area contributed by atoms with Crippen molar-refractivity contribution in [1.82, 2.24) is 10.5 Å². The topological polar surface area (TPSA) is 47.3 Å². The molecule has 0 radical (unpaired) electrons. The Morgan fingerprint density at radius 2 is 2.33 bits per heavy atom. The molecule has 0 saturated heterocycles. The third kappa shape index (κ3) is 2.94. The van der Waals surface area contributed by atoms with Crippen LogP contribution in [0.5, 0.6) is 5.88 Å². The first-order valence-electron chi connectivity index (χ1n) is 6.09. The fraction of sp³-hybridized carbons (Fsp3) is 0.462. The van der Waals surface area contributed by atoms with Crippen LogP contribution in [-0.4, -0.2) is 24.9 Å². The molecule has 0 aliphatic carbocycles. The molecule has 0 spiro atoms. The van der Waals surface area contributed by atoms with E-state index in [1.165, 1.54) is 0 Å². The number of likely N-dealkylation sites (N-methyl/N-ethyl adjacent to an activating group) is 1. The number of rotatable bonds is 6. The van der Waals surface area contributed by atoms with Crippen LogP contribution in [0.25, 0.3) is 11.0 Å². The minimum absolute atomic E-state index is 0.320. The molecule has 2 rings (SSSR count). The van der Waals surface area contributed by atoms with Crippen LogP contribution in [0.2, 0.25) is 5.02 Å². The number of hydrogen-bond acceptors (Lipinski definition) is 4. The highest BCUT2D eigenvalue weighted by Gasteiger charge is 2.12. The normalized spacial score (nSPS) is 12.8. The van der Waals surface area contributed by atoms with Gasteiger partial charge in [0.05, 0.1) is 5.39 Å². The zero-order chi connectivity index (χ0) is 13.0. The van der Waals surface area contributed by atoms with Gasteiger partial charge in [0.1, 0.15) is 6.61 Å². The van der Waals surface area contributed by atoms with Crippen LogP contribution in [0.4, 0.5) is 0 Å². The van der Waals surface area contributed by atoms with Crippen LogP contribution in [0.1, 0.15) is 19.8 Å². The molecule has 4 nitrogen and oxygen atoms in total. The highest BCUT2D eigenvalue weighted by molar-refractivity contribution is 6.31. The van der Waals surface area contributed by atoms with Crippen LogP contribution >= 0.6 is 11.6 Å². The van der Waals surface area contributed by atoms with Crippen LogP contribution in [0, 0.1) is 0 Å². The molecular weight excluding hydrogens is 252 g/mol. The van der Waals surface area contributed by atoms with Crippen molar-refractivity contribution in [2.45, 2.75) is 25.8 Å². The summed E-state index contributed by atoms with van der Waals surface area (Å²) < 4.78 is 10.9. The van der Waals surface area contributed by atoms with E-state index in [1.54, 1.807) is 18.2 Å². The number of nitrogens with one attached hydrogen (secondary N) is 1. The largest absolute Gasteiger partial charge is 0.473 e. The van der Waals surface area contributed by atoms with Crippen LogP contribution in [0.15, 0.2) is 22.7 Å². The second-order valence-corrected chi connectivity index (χ2v) is 4.65. The molecule has 0 saturated carbocycles. The van der Waals surface area contributed by atoms with E-state index in [0.717, 1.165) is 18.2 Å². The Labute approximate surface area is 111 Å². The third-order valence-corrected chi connectivity index (χ3v) is 3.10. The van der Waals surface area contributed by atoms with E-state index in [9.17, 15) is 0 Å². The maximum Gasteiger partial charge on any atom is 0.262 e. The van der Waals surface area contributed by atoms with Gasteiger partial charge in [0.25, 0.3) is 5.88 Å². The molecule has 0 aliphatic heterocycles. The van der Waals surface area contributed by atoms with Gasteiger partial charge in [-0.2, -0.15) is 0 Å². The molecule has 2 aromatic rings. The summed E-state index contributed by atoms with van der Waals surface area (Å²) in [5.74, 6) is 0.504. The maximum absolute atomic E-state index is 5.95. The lowest BCUT2D eigenvalue weighted by Gasteiger charge is -2.14. The minimum Gasteiger partial charge on any atom is -0.473 e. The Hall–Kier alpha value is -1.26. The molecule has 18 heavy (non-hydrogen) atoms. The zero-order valence-corrected chi connectivity index (χ0v) is 11.3. The van der Waals surface area contributed by atoms with E-state index in [-0.39, 0.29) is 0 Å². The van der Waals surface area contributed by atoms with Crippen molar-refractivity contribution in [3.05, 3.63) is 23.2 Å². The lowest BCUT2D eigenvalue weighted by atomic mass is 10.2. The second kappa shape index (κ2) is 6.07. The first-order valence-corrected chi connectivity index (χ1v) is 6.47. The number of benzene rings is 1. The van der Waals surface area contributed by atoms with E-state index in [4.69, 9.17) is 20.9 Å². The van der Waals surface area contributed by atoms with Crippen molar-refractivity contribution >= 4 is 22.6 Å². The van der Waals surface area contributed by atoms with Crippen molar-refractivity contribution in [2.75, 3.05) is 13.7 Å². The average molecular weight is 269 g/mol. The molecule has 1 aromatic carbocycles. The smallest absolute Gasteiger partial charge is 0.262 e. The quantitative estimate of drug-likeness (QED) is 0.874. The molecule has 0 amide bonds. The summed E-state index contributed by atoms with van der Waals surface area (Å²) in [6.45, 7) is 2.72. The van der Waals surface area contributed by atoms with Gasteiger partial charge in [-0.3, -0.25) is 0 Å². The van der Waals surface area contributed by atoms with Gasteiger partial charge in [-0.1, -0.05) is 24.9 Å². The predicted molar refractivity (Wildman–Crippen MR) is 72.3 cm³/mol. The minimum atomic E-state index is 0.320. The van der Waals surface area contributed by atoms with E-state index in [2.05, 4.69) is 17.4 Å².